The second-order valence-electron chi connectivity index (χ2n) is 5.24. The molecule has 0 radical (unpaired) electrons. The highest BCUT2D eigenvalue weighted by Gasteiger charge is 2.13. The summed E-state index contributed by atoms with van der Waals surface area (Å²) in [6.07, 6.45) is 3.89. The van der Waals surface area contributed by atoms with Gasteiger partial charge in [0.1, 0.15) is 0 Å². The lowest BCUT2D eigenvalue weighted by Gasteiger charge is -2.17. The van der Waals surface area contributed by atoms with E-state index in [2.05, 4.69) is 24.3 Å². The third-order valence-electron chi connectivity index (χ3n) is 3.30. The fourth-order valence-electron chi connectivity index (χ4n) is 1.98. The molecule has 1 aromatic heterocycles. The zero-order chi connectivity index (χ0) is 14.7. The number of aromatic nitrogens is 2. The molecule has 2 rings (SSSR count). The molecule has 0 bridgehead atoms. The lowest BCUT2D eigenvalue weighted by Crippen LogP contribution is -2.20. The van der Waals surface area contributed by atoms with Crippen LogP contribution >= 0.6 is 11.6 Å². The SMILES string of the molecule is Cc1ccc(NC(CN)c2cnn(C(C)C)c2)cc1Cl. The summed E-state index contributed by atoms with van der Waals surface area (Å²) in [5.41, 5.74) is 8.98. The Morgan fingerprint density at radius 2 is 2.15 bits per heavy atom. The van der Waals surface area contributed by atoms with Gasteiger partial charge in [0.2, 0.25) is 0 Å². The number of hydrogen-bond donors (Lipinski definition) is 2. The van der Waals surface area contributed by atoms with E-state index in [4.69, 9.17) is 17.3 Å². The minimum Gasteiger partial charge on any atom is -0.377 e. The summed E-state index contributed by atoms with van der Waals surface area (Å²) < 4.78 is 1.93. The summed E-state index contributed by atoms with van der Waals surface area (Å²) >= 11 is 6.14. The van der Waals surface area contributed by atoms with E-state index in [-0.39, 0.29) is 6.04 Å². The van der Waals surface area contributed by atoms with Crippen LogP contribution in [0.2, 0.25) is 5.02 Å². The number of aryl methyl sites for hydroxylation is 1. The molecule has 0 aliphatic rings. The lowest BCUT2D eigenvalue weighted by molar-refractivity contribution is 0.531. The standard InChI is InChI=1S/C15H21ClN4/c1-10(2)20-9-12(8-18-20)15(7-17)19-13-5-4-11(3)14(16)6-13/h4-6,8-10,15,19H,7,17H2,1-3H3. The Hall–Kier alpha value is -1.52. The Bertz CT molecular complexity index is 577. The van der Waals surface area contributed by atoms with Crippen LogP contribution in [0.3, 0.4) is 0 Å². The molecule has 0 fully saturated rings. The third-order valence-corrected chi connectivity index (χ3v) is 3.71. The molecule has 0 saturated heterocycles. The van der Waals surface area contributed by atoms with Crippen molar-refractivity contribution in [1.29, 1.82) is 0 Å². The molecule has 0 saturated carbocycles. The van der Waals surface area contributed by atoms with E-state index in [0.717, 1.165) is 21.8 Å². The molecule has 0 amide bonds. The predicted molar refractivity (Wildman–Crippen MR) is 84.2 cm³/mol. The molecule has 1 atom stereocenters. The van der Waals surface area contributed by atoms with Gasteiger partial charge in [-0.15, -0.1) is 0 Å². The van der Waals surface area contributed by atoms with Gasteiger partial charge in [-0.25, -0.2) is 0 Å². The Morgan fingerprint density at radius 1 is 1.40 bits per heavy atom. The van der Waals surface area contributed by atoms with Gasteiger partial charge in [0.15, 0.2) is 0 Å². The largest absolute Gasteiger partial charge is 0.377 e. The normalized spacial score (nSPS) is 12.7. The topological polar surface area (TPSA) is 55.9 Å². The molecule has 0 aliphatic heterocycles. The summed E-state index contributed by atoms with van der Waals surface area (Å²) in [6.45, 7) is 6.68. The summed E-state index contributed by atoms with van der Waals surface area (Å²) in [7, 11) is 0. The maximum absolute atomic E-state index is 6.14. The highest BCUT2D eigenvalue weighted by atomic mass is 35.5. The van der Waals surface area contributed by atoms with Crippen LogP contribution in [0, 0.1) is 6.92 Å². The van der Waals surface area contributed by atoms with Crippen molar-refractivity contribution in [2.24, 2.45) is 5.73 Å². The third kappa shape index (κ3) is 3.32. The summed E-state index contributed by atoms with van der Waals surface area (Å²) in [4.78, 5) is 0. The van der Waals surface area contributed by atoms with Crippen molar-refractivity contribution in [2.75, 3.05) is 11.9 Å². The zero-order valence-corrected chi connectivity index (χ0v) is 12.9. The van der Waals surface area contributed by atoms with E-state index >= 15 is 0 Å². The first-order valence-electron chi connectivity index (χ1n) is 6.78. The Balaban J connectivity index is 2.17. The molecule has 5 heteroatoms. The molecular formula is C15H21ClN4. The zero-order valence-electron chi connectivity index (χ0n) is 12.1. The lowest BCUT2D eigenvalue weighted by atomic mass is 10.1. The second kappa shape index (κ2) is 6.29. The van der Waals surface area contributed by atoms with Crippen LogP contribution in [0.25, 0.3) is 0 Å². The number of nitrogens with one attached hydrogen (secondary N) is 1. The number of rotatable bonds is 5. The number of nitrogens with two attached hydrogens (primary N) is 1. The van der Waals surface area contributed by atoms with Crippen molar-refractivity contribution in [3.63, 3.8) is 0 Å². The molecular weight excluding hydrogens is 272 g/mol. The van der Waals surface area contributed by atoms with Crippen LogP contribution in [0.1, 0.15) is 37.1 Å². The molecule has 0 aliphatic carbocycles. The molecule has 3 N–H and O–H groups in total. The van der Waals surface area contributed by atoms with Crippen molar-refractivity contribution in [3.8, 4) is 0 Å². The van der Waals surface area contributed by atoms with Crippen LogP contribution < -0.4 is 11.1 Å². The molecule has 4 nitrogen and oxygen atoms in total. The van der Waals surface area contributed by atoms with Crippen LogP contribution in [0.5, 0.6) is 0 Å². The number of anilines is 1. The first kappa shape index (κ1) is 14.9. The highest BCUT2D eigenvalue weighted by molar-refractivity contribution is 6.31. The minimum atomic E-state index is 0.0290. The molecule has 1 unspecified atom stereocenters. The van der Waals surface area contributed by atoms with E-state index in [0.29, 0.717) is 12.6 Å². The maximum atomic E-state index is 6.14. The van der Waals surface area contributed by atoms with E-state index in [1.807, 2.05) is 42.2 Å². The minimum absolute atomic E-state index is 0.0290. The Labute approximate surface area is 124 Å². The van der Waals surface area contributed by atoms with Crippen LogP contribution in [0.15, 0.2) is 30.6 Å². The fraction of sp³-hybridized carbons (Fsp3) is 0.400. The molecule has 108 valence electrons. The van der Waals surface area contributed by atoms with Crippen molar-refractivity contribution in [3.05, 3.63) is 46.7 Å². The van der Waals surface area contributed by atoms with Crippen molar-refractivity contribution in [2.45, 2.75) is 32.9 Å². The van der Waals surface area contributed by atoms with Gasteiger partial charge in [-0.2, -0.15) is 5.10 Å². The maximum Gasteiger partial charge on any atom is 0.0667 e. The molecule has 0 spiro atoms. The van der Waals surface area contributed by atoms with E-state index in [1.165, 1.54) is 0 Å². The van der Waals surface area contributed by atoms with Gasteiger partial charge in [0, 0.05) is 35.1 Å². The Morgan fingerprint density at radius 3 is 2.70 bits per heavy atom. The average Bonchev–Trinajstić information content (AvgIpc) is 2.89. The van der Waals surface area contributed by atoms with Gasteiger partial charge in [0.05, 0.1) is 12.2 Å². The fourth-order valence-corrected chi connectivity index (χ4v) is 2.16. The van der Waals surface area contributed by atoms with E-state index in [9.17, 15) is 0 Å². The predicted octanol–water partition coefficient (Wildman–Crippen LogP) is 3.54. The molecule has 20 heavy (non-hydrogen) atoms. The number of hydrogen-bond acceptors (Lipinski definition) is 3. The molecule has 1 aromatic carbocycles. The van der Waals surface area contributed by atoms with Gasteiger partial charge in [-0.1, -0.05) is 17.7 Å². The van der Waals surface area contributed by atoms with Crippen LogP contribution in [-0.4, -0.2) is 16.3 Å². The number of nitrogens with zero attached hydrogens (tertiary/aromatic N) is 2. The average molecular weight is 293 g/mol. The first-order chi connectivity index (χ1) is 9.51. The number of benzene rings is 1. The highest BCUT2D eigenvalue weighted by Crippen LogP contribution is 2.24. The first-order valence-corrected chi connectivity index (χ1v) is 7.16. The Kier molecular flexibility index (Phi) is 4.68. The van der Waals surface area contributed by atoms with E-state index in [1.54, 1.807) is 0 Å². The van der Waals surface area contributed by atoms with Gasteiger partial charge in [-0.3, -0.25) is 4.68 Å². The van der Waals surface area contributed by atoms with E-state index < -0.39 is 0 Å². The van der Waals surface area contributed by atoms with Crippen molar-refractivity contribution >= 4 is 17.3 Å². The van der Waals surface area contributed by atoms with Gasteiger partial charge in [0.25, 0.3) is 0 Å². The van der Waals surface area contributed by atoms with Gasteiger partial charge in [-0.05, 0) is 38.5 Å². The van der Waals surface area contributed by atoms with Crippen LogP contribution in [-0.2, 0) is 0 Å². The smallest absolute Gasteiger partial charge is 0.0667 e. The van der Waals surface area contributed by atoms with Crippen LogP contribution in [0.4, 0.5) is 5.69 Å². The van der Waals surface area contributed by atoms with Crippen molar-refractivity contribution < 1.29 is 0 Å². The number of halogens is 1. The summed E-state index contributed by atoms with van der Waals surface area (Å²) in [6, 6.07) is 6.30. The summed E-state index contributed by atoms with van der Waals surface area (Å²) in [5.74, 6) is 0. The van der Waals surface area contributed by atoms with Crippen molar-refractivity contribution in [1.82, 2.24) is 9.78 Å². The monoisotopic (exact) mass is 292 g/mol. The molecule has 1 heterocycles. The molecule has 2 aromatic rings. The quantitative estimate of drug-likeness (QED) is 0.886. The second-order valence-corrected chi connectivity index (χ2v) is 5.65. The summed E-state index contributed by atoms with van der Waals surface area (Å²) in [5, 5.41) is 8.51. The van der Waals surface area contributed by atoms with Gasteiger partial charge < -0.3 is 11.1 Å². The van der Waals surface area contributed by atoms with Gasteiger partial charge >= 0.3 is 0 Å².